The van der Waals surface area contributed by atoms with Crippen LogP contribution in [0.2, 0.25) is 0 Å². The van der Waals surface area contributed by atoms with E-state index in [4.69, 9.17) is 4.74 Å². The first kappa shape index (κ1) is 15.5. The van der Waals surface area contributed by atoms with Crippen molar-refractivity contribution in [3.8, 4) is 0 Å². The van der Waals surface area contributed by atoms with Crippen LogP contribution in [0.5, 0.6) is 0 Å². The molecule has 4 rings (SSSR count). The van der Waals surface area contributed by atoms with E-state index in [0.29, 0.717) is 13.1 Å². The molecule has 128 valence electrons. The van der Waals surface area contributed by atoms with Gasteiger partial charge in [0.05, 0.1) is 17.1 Å². The molecule has 3 aromatic rings. The van der Waals surface area contributed by atoms with Crippen LogP contribution < -0.4 is 5.69 Å². The third-order valence-corrected chi connectivity index (χ3v) is 4.62. The maximum Gasteiger partial charge on any atom is 0.410 e. The molecule has 6 heteroatoms. The van der Waals surface area contributed by atoms with E-state index in [1.165, 1.54) is 0 Å². The van der Waals surface area contributed by atoms with Gasteiger partial charge in [0.15, 0.2) is 0 Å². The van der Waals surface area contributed by atoms with Gasteiger partial charge in [-0.05, 0) is 24.1 Å². The first-order valence-corrected chi connectivity index (χ1v) is 8.37. The van der Waals surface area contributed by atoms with E-state index >= 15 is 0 Å². The van der Waals surface area contributed by atoms with Crippen LogP contribution in [0.1, 0.15) is 18.0 Å². The van der Waals surface area contributed by atoms with E-state index in [1.54, 1.807) is 9.47 Å². The lowest BCUT2D eigenvalue weighted by molar-refractivity contribution is 0.103. The zero-order valence-corrected chi connectivity index (χ0v) is 13.7. The van der Waals surface area contributed by atoms with Crippen molar-refractivity contribution in [2.45, 2.75) is 19.1 Å². The third kappa shape index (κ3) is 3.03. The Bertz CT molecular complexity index is 945. The van der Waals surface area contributed by atoms with E-state index in [0.717, 1.165) is 23.0 Å². The van der Waals surface area contributed by atoms with E-state index < -0.39 is 0 Å². The van der Waals surface area contributed by atoms with Crippen molar-refractivity contribution in [1.29, 1.82) is 0 Å². The van der Waals surface area contributed by atoms with Crippen LogP contribution in [-0.2, 0) is 11.3 Å². The van der Waals surface area contributed by atoms with Crippen molar-refractivity contribution in [3.63, 3.8) is 0 Å². The van der Waals surface area contributed by atoms with Gasteiger partial charge in [0.2, 0.25) is 0 Å². The number of amides is 1. The van der Waals surface area contributed by atoms with Crippen molar-refractivity contribution >= 4 is 17.1 Å². The zero-order valence-electron chi connectivity index (χ0n) is 13.7. The van der Waals surface area contributed by atoms with Crippen LogP contribution in [-0.4, -0.2) is 33.6 Å². The lowest BCUT2D eigenvalue weighted by atomic mass is 10.2. The minimum atomic E-state index is -0.334. The van der Waals surface area contributed by atoms with E-state index in [-0.39, 0.29) is 24.4 Å². The summed E-state index contributed by atoms with van der Waals surface area (Å²) in [5.41, 5.74) is 2.51. The number of para-hydroxylation sites is 2. The average molecular weight is 337 g/mol. The molecule has 1 aromatic heterocycles. The highest BCUT2D eigenvalue weighted by Gasteiger charge is 2.30. The Balaban J connectivity index is 1.45. The minimum Gasteiger partial charge on any atom is -0.445 e. The molecule has 1 saturated heterocycles. The lowest BCUT2D eigenvalue weighted by Gasteiger charge is -2.17. The van der Waals surface area contributed by atoms with Gasteiger partial charge in [-0.15, -0.1) is 0 Å². The maximum atomic E-state index is 12.3. The predicted octanol–water partition coefficient (Wildman–Crippen LogP) is 2.91. The number of H-pyrrole nitrogens is 1. The maximum absolute atomic E-state index is 12.3. The molecular formula is C19H19N3O3. The number of aromatic amines is 1. The number of benzene rings is 2. The van der Waals surface area contributed by atoms with Gasteiger partial charge in [0.1, 0.15) is 6.61 Å². The SMILES string of the molecule is O=C(OCc1ccccc1)N1CCC(n2c(=O)[nH]c3ccccc32)C1. The number of nitrogens with one attached hydrogen (secondary N) is 1. The molecule has 1 N–H and O–H groups in total. The van der Waals surface area contributed by atoms with Crippen LogP contribution in [0.3, 0.4) is 0 Å². The number of hydrogen-bond acceptors (Lipinski definition) is 3. The summed E-state index contributed by atoms with van der Waals surface area (Å²) in [4.78, 5) is 29.1. The molecule has 0 bridgehead atoms. The second kappa shape index (κ2) is 6.47. The molecule has 0 aliphatic carbocycles. The van der Waals surface area contributed by atoms with Gasteiger partial charge in [0, 0.05) is 13.1 Å². The number of carbonyl (C=O) groups excluding carboxylic acids is 1. The van der Waals surface area contributed by atoms with Gasteiger partial charge in [-0.3, -0.25) is 4.57 Å². The second-order valence-electron chi connectivity index (χ2n) is 6.25. The summed E-state index contributed by atoms with van der Waals surface area (Å²) in [6, 6.07) is 17.2. The number of ether oxygens (including phenoxy) is 1. The fourth-order valence-electron chi connectivity index (χ4n) is 3.37. The molecule has 6 nitrogen and oxygen atoms in total. The van der Waals surface area contributed by atoms with Crippen LogP contribution in [0.15, 0.2) is 59.4 Å². The standard InChI is InChI=1S/C19H19N3O3/c23-18-20-16-8-4-5-9-17(16)22(18)15-10-11-21(12-15)19(24)25-13-14-6-2-1-3-7-14/h1-9,15H,10-13H2,(H,20,23). The number of imidazole rings is 1. The lowest BCUT2D eigenvalue weighted by Crippen LogP contribution is -2.31. The summed E-state index contributed by atoms with van der Waals surface area (Å²) in [6.07, 6.45) is 0.404. The Morgan fingerprint density at radius 3 is 2.72 bits per heavy atom. The molecule has 1 atom stereocenters. The Hall–Kier alpha value is -3.02. The van der Waals surface area contributed by atoms with Crippen LogP contribution in [0.4, 0.5) is 4.79 Å². The van der Waals surface area contributed by atoms with E-state index in [9.17, 15) is 9.59 Å². The number of carbonyl (C=O) groups is 1. The number of rotatable bonds is 3. The number of likely N-dealkylation sites (tertiary alicyclic amines) is 1. The van der Waals surface area contributed by atoms with Crippen molar-refractivity contribution < 1.29 is 9.53 Å². The molecule has 1 unspecified atom stereocenters. The third-order valence-electron chi connectivity index (χ3n) is 4.62. The van der Waals surface area contributed by atoms with Crippen molar-refractivity contribution in [2.75, 3.05) is 13.1 Å². The number of hydrogen-bond donors (Lipinski definition) is 1. The van der Waals surface area contributed by atoms with E-state index in [1.807, 2.05) is 54.6 Å². The topological polar surface area (TPSA) is 67.3 Å². The average Bonchev–Trinajstić information content (AvgIpc) is 3.24. The molecule has 0 saturated carbocycles. The highest BCUT2D eigenvalue weighted by molar-refractivity contribution is 5.75. The Morgan fingerprint density at radius 2 is 1.88 bits per heavy atom. The molecule has 0 radical (unpaired) electrons. The summed E-state index contributed by atoms with van der Waals surface area (Å²) in [7, 11) is 0. The minimum absolute atomic E-state index is 0.0343. The number of fused-ring (bicyclic) bond motifs is 1. The molecule has 1 amide bonds. The summed E-state index contributed by atoms with van der Waals surface area (Å²) in [6.45, 7) is 1.33. The van der Waals surface area contributed by atoms with Gasteiger partial charge in [0.25, 0.3) is 0 Å². The molecule has 2 heterocycles. The fourth-order valence-corrected chi connectivity index (χ4v) is 3.37. The molecule has 25 heavy (non-hydrogen) atoms. The van der Waals surface area contributed by atoms with Gasteiger partial charge >= 0.3 is 11.8 Å². The van der Waals surface area contributed by atoms with Crippen molar-refractivity contribution in [1.82, 2.24) is 14.5 Å². The molecule has 1 aliphatic rings. The highest BCUT2D eigenvalue weighted by Crippen LogP contribution is 2.24. The predicted molar refractivity (Wildman–Crippen MR) is 94.4 cm³/mol. The smallest absolute Gasteiger partial charge is 0.410 e. The van der Waals surface area contributed by atoms with Crippen LogP contribution >= 0.6 is 0 Å². The van der Waals surface area contributed by atoms with E-state index in [2.05, 4.69) is 4.98 Å². The molecular weight excluding hydrogens is 318 g/mol. The van der Waals surface area contributed by atoms with Gasteiger partial charge in [-0.2, -0.15) is 0 Å². The molecule has 1 fully saturated rings. The number of aromatic nitrogens is 2. The monoisotopic (exact) mass is 337 g/mol. The Morgan fingerprint density at radius 1 is 1.12 bits per heavy atom. The Labute approximate surface area is 144 Å². The van der Waals surface area contributed by atoms with Crippen LogP contribution in [0.25, 0.3) is 11.0 Å². The first-order chi connectivity index (χ1) is 12.2. The van der Waals surface area contributed by atoms with Gasteiger partial charge in [-0.25, -0.2) is 9.59 Å². The van der Waals surface area contributed by atoms with Crippen LogP contribution in [0, 0.1) is 0 Å². The van der Waals surface area contributed by atoms with Crippen molar-refractivity contribution in [3.05, 3.63) is 70.6 Å². The fraction of sp³-hybridized carbons (Fsp3) is 0.263. The quantitative estimate of drug-likeness (QED) is 0.799. The summed E-state index contributed by atoms with van der Waals surface area (Å²) >= 11 is 0. The number of nitrogens with zero attached hydrogens (tertiary/aromatic N) is 2. The first-order valence-electron chi connectivity index (χ1n) is 8.37. The molecule has 1 aliphatic heterocycles. The van der Waals surface area contributed by atoms with Gasteiger partial charge in [-0.1, -0.05) is 42.5 Å². The molecule has 2 aromatic carbocycles. The summed E-state index contributed by atoms with van der Waals surface area (Å²) in [5.74, 6) is 0. The Kier molecular flexibility index (Phi) is 4.01. The largest absolute Gasteiger partial charge is 0.445 e. The van der Waals surface area contributed by atoms with Crippen molar-refractivity contribution in [2.24, 2.45) is 0 Å². The highest BCUT2D eigenvalue weighted by atomic mass is 16.6. The second-order valence-corrected chi connectivity index (χ2v) is 6.25. The summed E-state index contributed by atoms with van der Waals surface area (Å²) < 4.78 is 7.14. The molecule has 0 spiro atoms. The summed E-state index contributed by atoms with van der Waals surface area (Å²) in [5, 5.41) is 0. The normalized spacial score (nSPS) is 17.1. The van der Waals surface area contributed by atoms with Gasteiger partial charge < -0.3 is 14.6 Å². The zero-order chi connectivity index (χ0) is 17.2.